The predicted octanol–water partition coefficient (Wildman–Crippen LogP) is 7.85. The number of ether oxygens (including phenoxy) is 2. The maximum atomic E-state index is 8.98. The topological polar surface area (TPSA) is 120 Å². The van der Waals surface area contributed by atoms with Gasteiger partial charge in [0.2, 0.25) is 0 Å². The van der Waals surface area contributed by atoms with Crippen LogP contribution in [0.4, 0.5) is 11.4 Å². The van der Waals surface area contributed by atoms with Crippen molar-refractivity contribution in [3.05, 3.63) is 141 Å². The molecular formula is C38H34N6O2. The quantitative estimate of drug-likeness (QED) is 0.305. The zero-order valence-corrected chi connectivity index (χ0v) is 26.7. The van der Waals surface area contributed by atoms with Gasteiger partial charge in [0.05, 0.1) is 0 Å². The third kappa shape index (κ3) is 9.78. The summed E-state index contributed by atoms with van der Waals surface area (Å²) in [5.41, 5.74) is 5.64. The monoisotopic (exact) mass is 606 g/mol. The molecule has 0 saturated carbocycles. The van der Waals surface area contributed by atoms with E-state index in [-0.39, 0.29) is 11.1 Å². The standard InChI is InChI=1S/2C19H17N3O/c2*1-14-10-16(17(12-20)13-21)11-19(23-14)9-6-15-4-7-18(8-5-15)22(2)3/h2*4-11H,1-3H3/b2*9-6+. The predicted molar refractivity (Wildman–Crippen MR) is 182 cm³/mol. The van der Waals surface area contributed by atoms with E-state index in [2.05, 4.69) is 0 Å². The van der Waals surface area contributed by atoms with Crippen LogP contribution in [0.15, 0.2) is 130 Å². The molecule has 2 aliphatic heterocycles. The second-order valence-corrected chi connectivity index (χ2v) is 10.6. The van der Waals surface area contributed by atoms with Gasteiger partial charge in [-0.2, -0.15) is 21.0 Å². The number of rotatable bonds is 6. The van der Waals surface area contributed by atoms with Gasteiger partial charge in [0, 0.05) is 50.7 Å². The third-order valence-electron chi connectivity index (χ3n) is 6.59. The Balaban J connectivity index is 0.000000250. The smallest absolute Gasteiger partial charge is 0.137 e. The van der Waals surface area contributed by atoms with E-state index in [1.165, 1.54) is 0 Å². The molecule has 0 amide bonds. The number of benzene rings is 2. The van der Waals surface area contributed by atoms with E-state index in [9.17, 15) is 0 Å². The van der Waals surface area contributed by atoms with Crippen molar-refractivity contribution in [1.29, 1.82) is 21.0 Å². The molecule has 2 aromatic carbocycles. The highest BCUT2D eigenvalue weighted by Gasteiger charge is 2.11. The number of anilines is 2. The Morgan fingerprint density at radius 1 is 0.522 bits per heavy atom. The first kappa shape index (κ1) is 34.0. The van der Waals surface area contributed by atoms with Crippen LogP contribution >= 0.6 is 0 Å². The minimum Gasteiger partial charge on any atom is -0.462 e. The summed E-state index contributed by atoms with van der Waals surface area (Å²) in [5, 5.41) is 35.9. The van der Waals surface area contributed by atoms with E-state index < -0.39 is 0 Å². The van der Waals surface area contributed by atoms with Crippen molar-refractivity contribution in [3.63, 3.8) is 0 Å². The molecule has 46 heavy (non-hydrogen) atoms. The average molecular weight is 607 g/mol. The first-order valence-electron chi connectivity index (χ1n) is 14.2. The van der Waals surface area contributed by atoms with Gasteiger partial charge in [-0.05, 0) is 85.7 Å². The molecule has 0 unspecified atom stereocenters. The minimum absolute atomic E-state index is 0.0777. The third-order valence-corrected chi connectivity index (χ3v) is 6.59. The van der Waals surface area contributed by atoms with Crippen molar-refractivity contribution in [2.24, 2.45) is 0 Å². The maximum absolute atomic E-state index is 8.98. The van der Waals surface area contributed by atoms with Crippen LogP contribution < -0.4 is 9.80 Å². The molecule has 0 bridgehead atoms. The molecule has 0 fully saturated rings. The number of hydrogen-bond donors (Lipinski definition) is 0. The maximum Gasteiger partial charge on any atom is 0.137 e. The van der Waals surface area contributed by atoms with Crippen LogP contribution in [0.25, 0.3) is 12.2 Å². The molecule has 4 rings (SSSR count). The van der Waals surface area contributed by atoms with Crippen molar-refractivity contribution in [2.75, 3.05) is 38.0 Å². The normalized spacial score (nSPS) is 13.5. The highest BCUT2D eigenvalue weighted by atomic mass is 16.5. The molecule has 2 aliphatic rings. The van der Waals surface area contributed by atoms with Crippen molar-refractivity contribution in [2.45, 2.75) is 13.8 Å². The molecule has 0 spiro atoms. The van der Waals surface area contributed by atoms with Crippen LogP contribution in [0, 0.1) is 45.3 Å². The second-order valence-electron chi connectivity index (χ2n) is 10.6. The average Bonchev–Trinajstić information content (AvgIpc) is 3.04. The van der Waals surface area contributed by atoms with Crippen LogP contribution in [0.2, 0.25) is 0 Å². The van der Waals surface area contributed by atoms with E-state index in [1.807, 2.05) is 135 Å². The van der Waals surface area contributed by atoms with Crippen LogP contribution in [0.3, 0.4) is 0 Å². The molecule has 228 valence electrons. The number of hydrogen-bond acceptors (Lipinski definition) is 8. The van der Waals surface area contributed by atoms with E-state index in [1.54, 1.807) is 38.2 Å². The van der Waals surface area contributed by atoms with Crippen LogP contribution in [-0.4, -0.2) is 28.2 Å². The number of allylic oxidation sites excluding steroid dienone is 12. The van der Waals surface area contributed by atoms with Gasteiger partial charge in [-0.15, -0.1) is 0 Å². The Morgan fingerprint density at radius 2 is 0.848 bits per heavy atom. The van der Waals surface area contributed by atoms with Crippen molar-refractivity contribution >= 4 is 23.5 Å². The fraction of sp³-hybridized carbons (Fsp3) is 0.158. The summed E-state index contributed by atoms with van der Waals surface area (Å²) in [7, 11) is 7.99. The molecule has 8 heteroatoms. The lowest BCUT2D eigenvalue weighted by Crippen LogP contribution is -2.07. The Bertz CT molecular complexity index is 1700. The zero-order chi connectivity index (χ0) is 33.6. The van der Waals surface area contributed by atoms with Gasteiger partial charge in [0.1, 0.15) is 58.5 Å². The van der Waals surface area contributed by atoms with Crippen molar-refractivity contribution in [1.82, 2.24) is 0 Å². The molecule has 2 heterocycles. The van der Waals surface area contributed by atoms with Crippen LogP contribution in [0.5, 0.6) is 0 Å². The van der Waals surface area contributed by atoms with E-state index in [0.717, 1.165) is 22.5 Å². The number of nitrogens with zero attached hydrogens (tertiary/aromatic N) is 6. The van der Waals surface area contributed by atoms with Crippen LogP contribution in [0.1, 0.15) is 25.0 Å². The van der Waals surface area contributed by atoms with Gasteiger partial charge in [0.15, 0.2) is 0 Å². The highest BCUT2D eigenvalue weighted by molar-refractivity contribution is 5.61. The van der Waals surface area contributed by atoms with E-state index in [0.29, 0.717) is 34.2 Å². The Hall–Kier alpha value is -6.48. The van der Waals surface area contributed by atoms with E-state index >= 15 is 0 Å². The van der Waals surface area contributed by atoms with Crippen molar-refractivity contribution in [3.8, 4) is 24.3 Å². The molecule has 0 aromatic heterocycles. The Morgan fingerprint density at radius 3 is 1.13 bits per heavy atom. The first-order valence-corrected chi connectivity index (χ1v) is 14.2. The van der Waals surface area contributed by atoms with Gasteiger partial charge in [0.25, 0.3) is 0 Å². The van der Waals surface area contributed by atoms with Gasteiger partial charge >= 0.3 is 0 Å². The highest BCUT2D eigenvalue weighted by Crippen LogP contribution is 2.24. The van der Waals surface area contributed by atoms with Gasteiger partial charge in [-0.25, -0.2) is 0 Å². The summed E-state index contributed by atoms with van der Waals surface area (Å²) >= 11 is 0. The summed E-state index contributed by atoms with van der Waals surface area (Å²) < 4.78 is 11.2. The fourth-order valence-electron chi connectivity index (χ4n) is 4.20. The molecule has 0 atom stereocenters. The van der Waals surface area contributed by atoms with Crippen molar-refractivity contribution < 1.29 is 9.47 Å². The first-order chi connectivity index (χ1) is 22.1. The molecule has 8 nitrogen and oxygen atoms in total. The van der Waals surface area contributed by atoms with Gasteiger partial charge in [-0.3, -0.25) is 0 Å². The lowest BCUT2D eigenvalue weighted by atomic mass is 10.1. The fourth-order valence-corrected chi connectivity index (χ4v) is 4.20. The summed E-state index contributed by atoms with van der Waals surface area (Å²) in [6.45, 7) is 3.58. The van der Waals surface area contributed by atoms with Gasteiger partial charge in [-0.1, -0.05) is 36.4 Å². The lowest BCUT2D eigenvalue weighted by molar-refractivity contribution is 0.318. The summed E-state index contributed by atoms with van der Waals surface area (Å²) in [6.07, 6.45) is 14.3. The molecular weight excluding hydrogens is 572 g/mol. The van der Waals surface area contributed by atoms with Crippen LogP contribution in [-0.2, 0) is 9.47 Å². The zero-order valence-electron chi connectivity index (χ0n) is 26.7. The minimum atomic E-state index is 0.0777. The Kier molecular flexibility index (Phi) is 12.1. The van der Waals surface area contributed by atoms with Gasteiger partial charge < -0.3 is 19.3 Å². The Labute approximate surface area is 271 Å². The largest absolute Gasteiger partial charge is 0.462 e. The summed E-state index contributed by atoms with van der Waals surface area (Å²) in [4.78, 5) is 4.08. The lowest BCUT2D eigenvalue weighted by Gasteiger charge is -2.13. The molecule has 0 aliphatic carbocycles. The number of nitriles is 4. The van der Waals surface area contributed by atoms with E-state index in [4.69, 9.17) is 30.5 Å². The summed E-state index contributed by atoms with van der Waals surface area (Å²) in [5.74, 6) is 2.49. The SMILES string of the molecule is CC1=CC(=C(C#N)C#N)C=C(/C=C/c2ccc(N(C)C)cc2)O1.CC1=CC(=C(C#N)C#N)C=C(/C=C/c2ccc(N(C)C)cc2)O1. The molecule has 0 radical (unpaired) electrons. The summed E-state index contributed by atoms with van der Waals surface area (Å²) in [6, 6.07) is 23.8. The molecule has 0 saturated heterocycles. The molecule has 2 aromatic rings. The second kappa shape index (κ2) is 16.4. The molecule has 0 N–H and O–H groups in total.